The lowest BCUT2D eigenvalue weighted by atomic mass is 10.1. The Kier molecular flexibility index (Phi) is 5.79. The molecule has 0 bridgehead atoms. The smallest absolute Gasteiger partial charge is 0.340 e. The number of hydrogen-bond acceptors (Lipinski definition) is 6. The Hall–Kier alpha value is -3.61. The van der Waals surface area contributed by atoms with Gasteiger partial charge in [-0.2, -0.15) is 0 Å². The molecular formula is C23H22N2O5. The predicted octanol–water partition coefficient (Wildman–Crippen LogP) is 3.21. The van der Waals surface area contributed by atoms with E-state index in [0.717, 1.165) is 10.9 Å². The Morgan fingerprint density at radius 3 is 2.70 bits per heavy atom. The maximum absolute atomic E-state index is 12.6. The first-order chi connectivity index (χ1) is 14.7. The van der Waals surface area contributed by atoms with Gasteiger partial charge in [-0.05, 0) is 36.8 Å². The molecular weight excluding hydrogens is 384 g/mol. The first kappa shape index (κ1) is 19.7. The van der Waals surface area contributed by atoms with Crippen LogP contribution in [0.1, 0.15) is 22.8 Å². The molecule has 1 aliphatic rings. The van der Waals surface area contributed by atoms with E-state index in [1.807, 2.05) is 37.3 Å². The number of fused-ring (bicyclic) bond motifs is 2. The molecule has 3 aromatic rings. The van der Waals surface area contributed by atoms with Gasteiger partial charge in [-0.1, -0.05) is 24.3 Å². The highest BCUT2D eigenvalue weighted by atomic mass is 16.6. The molecule has 1 aromatic heterocycles. The molecule has 0 saturated heterocycles. The number of likely N-dealkylation sites (N-methyl/N-ethyl adjacent to an activating group) is 1. The van der Waals surface area contributed by atoms with Crippen molar-refractivity contribution in [3.05, 3.63) is 65.9 Å². The number of carbonyl (C=O) groups excluding carboxylic acids is 2. The Balaban J connectivity index is 1.40. The van der Waals surface area contributed by atoms with Gasteiger partial charge in [0.25, 0.3) is 5.91 Å². The molecule has 154 valence electrons. The normalized spacial score (nSPS) is 12.4. The van der Waals surface area contributed by atoms with Gasteiger partial charge < -0.3 is 19.1 Å². The summed E-state index contributed by atoms with van der Waals surface area (Å²) in [5, 5.41) is 0.840. The van der Waals surface area contributed by atoms with Crippen molar-refractivity contribution in [3.8, 4) is 11.5 Å². The molecule has 7 nitrogen and oxygen atoms in total. The van der Waals surface area contributed by atoms with Crippen molar-refractivity contribution in [2.45, 2.75) is 13.5 Å². The lowest BCUT2D eigenvalue weighted by molar-refractivity contribution is -0.134. The Morgan fingerprint density at radius 2 is 1.87 bits per heavy atom. The molecule has 0 radical (unpaired) electrons. The van der Waals surface area contributed by atoms with Gasteiger partial charge in [0.05, 0.1) is 11.1 Å². The van der Waals surface area contributed by atoms with E-state index in [1.54, 1.807) is 29.3 Å². The fourth-order valence-electron chi connectivity index (χ4n) is 3.35. The van der Waals surface area contributed by atoms with Gasteiger partial charge in [0.2, 0.25) is 0 Å². The standard InChI is InChI=1S/C23H22N2O5/c1-2-25(14-16-8-9-19-20(13-16)29-12-11-28-19)21(26)15-30-23(27)18-7-3-5-17-6-4-10-24-22(17)18/h3-10,13H,2,11-12,14-15H2,1H3. The van der Waals surface area contributed by atoms with Crippen LogP contribution in [-0.2, 0) is 16.1 Å². The van der Waals surface area contributed by atoms with Crippen LogP contribution >= 0.6 is 0 Å². The van der Waals surface area contributed by atoms with Crippen LogP contribution in [-0.4, -0.2) is 48.1 Å². The van der Waals surface area contributed by atoms with Crippen LogP contribution in [0.2, 0.25) is 0 Å². The van der Waals surface area contributed by atoms with Gasteiger partial charge >= 0.3 is 5.97 Å². The number of aromatic nitrogens is 1. The summed E-state index contributed by atoms with van der Waals surface area (Å²) in [6.45, 7) is 3.46. The zero-order chi connectivity index (χ0) is 20.9. The summed E-state index contributed by atoms with van der Waals surface area (Å²) in [7, 11) is 0. The number of rotatable bonds is 6. The van der Waals surface area contributed by atoms with Gasteiger partial charge in [0, 0.05) is 24.7 Å². The van der Waals surface area contributed by atoms with Gasteiger partial charge in [-0.3, -0.25) is 9.78 Å². The lowest BCUT2D eigenvalue weighted by Crippen LogP contribution is -2.34. The van der Waals surface area contributed by atoms with Gasteiger partial charge in [0.1, 0.15) is 13.2 Å². The van der Waals surface area contributed by atoms with Crippen molar-refractivity contribution in [1.82, 2.24) is 9.88 Å². The van der Waals surface area contributed by atoms with E-state index < -0.39 is 5.97 Å². The van der Waals surface area contributed by atoms with Crippen molar-refractivity contribution in [2.24, 2.45) is 0 Å². The number of pyridine rings is 1. The molecule has 4 rings (SSSR count). The van der Waals surface area contributed by atoms with Crippen molar-refractivity contribution >= 4 is 22.8 Å². The van der Waals surface area contributed by atoms with E-state index in [0.29, 0.717) is 48.9 Å². The molecule has 0 saturated carbocycles. The molecule has 1 amide bonds. The minimum atomic E-state index is -0.567. The zero-order valence-corrected chi connectivity index (χ0v) is 16.7. The fourth-order valence-corrected chi connectivity index (χ4v) is 3.35. The Morgan fingerprint density at radius 1 is 1.07 bits per heavy atom. The summed E-state index contributed by atoms with van der Waals surface area (Å²) in [4.78, 5) is 31.1. The van der Waals surface area contributed by atoms with Crippen LogP contribution in [0.5, 0.6) is 11.5 Å². The highest BCUT2D eigenvalue weighted by molar-refractivity contribution is 6.03. The summed E-state index contributed by atoms with van der Waals surface area (Å²) in [6, 6.07) is 14.6. The van der Waals surface area contributed by atoms with E-state index >= 15 is 0 Å². The van der Waals surface area contributed by atoms with Gasteiger partial charge in [0.15, 0.2) is 18.1 Å². The van der Waals surface area contributed by atoms with Gasteiger partial charge in [-0.25, -0.2) is 4.79 Å². The maximum atomic E-state index is 12.6. The van der Waals surface area contributed by atoms with Crippen LogP contribution in [0.4, 0.5) is 0 Å². The van der Waals surface area contributed by atoms with Crippen LogP contribution < -0.4 is 9.47 Å². The molecule has 0 fully saturated rings. The fraction of sp³-hybridized carbons (Fsp3) is 0.261. The van der Waals surface area contributed by atoms with Crippen LogP contribution in [0, 0.1) is 0 Å². The number of benzene rings is 2. The SMILES string of the molecule is CCN(Cc1ccc2c(c1)OCCO2)C(=O)COC(=O)c1cccc2cccnc12. The summed E-state index contributed by atoms with van der Waals surface area (Å²) in [5.41, 5.74) is 1.82. The van der Waals surface area contributed by atoms with Crippen molar-refractivity contribution in [3.63, 3.8) is 0 Å². The van der Waals surface area contributed by atoms with Crippen LogP contribution in [0.15, 0.2) is 54.7 Å². The second kappa shape index (κ2) is 8.82. The molecule has 0 spiro atoms. The number of hydrogen-bond donors (Lipinski definition) is 0. The van der Waals surface area contributed by atoms with E-state index in [2.05, 4.69) is 4.98 Å². The quantitative estimate of drug-likeness (QED) is 0.585. The topological polar surface area (TPSA) is 78.0 Å². The van der Waals surface area contributed by atoms with Crippen molar-refractivity contribution in [2.75, 3.05) is 26.4 Å². The number of nitrogens with zero attached hydrogens (tertiary/aromatic N) is 2. The third kappa shape index (κ3) is 4.20. The highest BCUT2D eigenvalue weighted by Crippen LogP contribution is 2.31. The molecule has 0 unspecified atom stereocenters. The average Bonchev–Trinajstić information content (AvgIpc) is 2.80. The van der Waals surface area contributed by atoms with Crippen molar-refractivity contribution < 1.29 is 23.8 Å². The van der Waals surface area contributed by atoms with Gasteiger partial charge in [-0.15, -0.1) is 0 Å². The summed E-state index contributed by atoms with van der Waals surface area (Å²) < 4.78 is 16.4. The number of para-hydroxylation sites is 1. The highest BCUT2D eigenvalue weighted by Gasteiger charge is 2.19. The first-order valence-corrected chi connectivity index (χ1v) is 9.83. The number of carbonyl (C=O) groups is 2. The van der Waals surface area contributed by atoms with E-state index in [4.69, 9.17) is 14.2 Å². The average molecular weight is 406 g/mol. The lowest BCUT2D eigenvalue weighted by Gasteiger charge is -2.23. The molecule has 0 aliphatic carbocycles. The molecule has 7 heteroatoms. The predicted molar refractivity (Wildman–Crippen MR) is 111 cm³/mol. The first-order valence-electron chi connectivity index (χ1n) is 9.83. The molecule has 0 atom stereocenters. The van der Waals surface area contributed by atoms with E-state index in [1.165, 1.54) is 0 Å². The monoisotopic (exact) mass is 406 g/mol. The van der Waals surface area contributed by atoms with E-state index in [9.17, 15) is 9.59 Å². The zero-order valence-electron chi connectivity index (χ0n) is 16.7. The van der Waals surface area contributed by atoms with Crippen LogP contribution in [0.25, 0.3) is 10.9 Å². The summed E-state index contributed by atoms with van der Waals surface area (Å²) >= 11 is 0. The second-order valence-electron chi connectivity index (χ2n) is 6.84. The van der Waals surface area contributed by atoms with Crippen LogP contribution in [0.3, 0.4) is 0 Å². The third-order valence-corrected chi connectivity index (χ3v) is 4.89. The maximum Gasteiger partial charge on any atom is 0.340 e. The third-order valence-electron chi connectivity index (χ3n) is 4.89. The minimum Gasteiger partial charge on any atom is -0.486 e. The Labute approximate surface area is 174 Å². The number of ether oxygens (including phenoxy) is 3. The number of esters is 1. The molecule has 0 N–H and O–H groups in total. The molecule has 2 heterocycles. The summed E-state index contributed by atoms with van der Waals surface area (Å²) in [6.07, 6.45) is 1.62. The Bertz CT molecular complexity index is 1080. The second-order valence-corrected chi connectivity index (χ2v) is 6.84. The largest absolute Gasteiger partial charge is 0.486 e. The number of amides is 1. The molecule has 30 heavy (non-hydrogen) atoms. The van der Waals surface area contributed by atoms with E-state index in [-0.39, 0.29) is 12.5 Å². The molecule has 1 aliphatic heterocycles. The minimum absolute atomic E-state index is 0.270. The van der Waals surface area contributed by atoms with Crippen molar-refractivity contribution in [1.29, 1.82) is 0 Å². The summed E-state index contributed by atoms with van der Waals surface area (Å²) in [5.74, 6) is 0.547. The molecule has 2 aromatic carbocycles.